The molecule has 0 radical (unpaired) electrons. The lowest BCUT2D eigenvalue weighted by Gasteiger charge is -2.36. The number of amides is 1. The maximum Gasteiger partial charge on any atom is 0.236 e. The Morgan fingerprint density at radius 2 is 1.59 bits per heavy atom. The van der Waals surface area contributed by atoms with Crippen LogP contribution in [0, 0.1) is 17.3 Å². The van der Waals surface area contributed by atoms with E-state index in [1.807, 2.05) is 0 Å². The summed E-state index contributed by atoms with van der Waals surface area (Å²) < 4.78 is 24.0. The predicted molar refractivity (Wildman–Crippen MR) is 67.9 cm³/mol. The maximum atomic E-state index is 11.7. The molecule has 1 rings (SSSR count). The van der Waals surface area contributed by atoms with E-state index < -0.39 is 10.0 Å². The lowest BCUT2D eigenvalue weighted by atomic mass is 9.70. The number of carbonyl (C=O) groups excluding carboxylic acids is 1. The molecule has 1 N–H and O–H groups in total. The number of hydrogen-bond donors (Lipinski definition) is 1. The van der Waals surface area contributed by atoms with E-state index in [1.54, 1.807) is 0 Å². The van der Waals surface area contributed by atoms with Gasteiger partial charge in [-0.1, -0.05) is 20.8 Å². The minimum absolute atomic E-state index is 0.136. The highest BCUT2D eigenvalue weighted by Gasteiger charge is 2.32. The molecule has 1 aliphatic rings. The summed E-state index contributed by atoms with van der Waals surface area (Å²) in [6, 6.07) is 0. The van der Waals surface area contributed by atoms with Gasteiger partial charge in [0.2, 0.25) is 15.9 Å². The highest BCUT2D eigenvalue weighted by molar-refractivity contribution is 7.89. The zero-order valence-electron chi connectivity index (χ0n) is 11.1. The van der Waals surface area contributed by atoms with E-state index in [-0.39, 0.29) is 17.2 Å². The molecule has 0 saturated heterocycles. The molecule has 1 amide bonds. The van der Waals surface area contributed by atoms with Crippen LogP contribution in [0.3, 0.4) is 0 Å². The first-order chi connectivity index (χ1) is 7.59. The van der Waals surface area contributed by atoms with Crippen molar-refractivity contribution in [1.82, 2.24) is 4.72 Å². The summed E-state index contributed by atoms with van der Waals surface area (Å²) in [6.07, 6.45) is 4.62. The average molecular weight is 261 g/mol. The first-order valence-electron chi connectivity index (χ1n) is 6.11. The molecular weight excluding hydrogens is 238 g/mol. The highest BCUT2D eigenvalue weighted by atomic mass is 32.2. The molecule has 0 unspecified atom stereocenters. The molecule has 0 spiro atoms. The SMILES string of the molecule is CC(C)(C)C1CCC(C(=O)NS(C)(=O)=O)CC1. The minimum Gasteiger partial charge on any atom is -0.274 e. The van der Waals surface area contributed by atoms with E-state index >= 15 is 0 Å². The molecule has 100 valence electrons. The molecule has 4 nitrogen and oxygen atoms in total. The van der Waals surface area contributed by atoms with Crippen molar-refractivity contribution >= 4 is 15.9 Å². The third-order valence-electron chi connectivity index (χ3n) is 3.61. The van der Waals surface area contributed by atoms with E-state index in [0.717, 1.165) is 31.9 Å². The monoisotopic (exact) mass is 261 g/mol. The maximum absolute atomic E-state index is 11.7. The zero-order valence-corrected chi connectivity index (χ0v) is 11.9. The van der Waals surface area contributed by atoms with E-state index in [9.17, 15) is 13.2 Å². The summed E-state index contributed by atoms with van der Waals surface area (Å²) in [5.74, 6) is 0.160. The third kappa shape index (κ3) is 4.66. The van der Waals surface area contributed by atoms with E-state index in [4.69, 9.17) is 0 Å². The molecule has 1 aliphatic carbocycles. The van der Waals surface area contributed by atoms with Gasteiger partial charge < -0.3 is 0 Å². The summed E-state index contributed by atoms with van der Waals surface area (Å²) in [6.45, 7) is 6.65. The highest BCUT2D eigenvalue weighted by Crippen LogP contribution is 2.39. The Morgan fingerprint density at radius 3 is 1.94 bits per heavy atom. The predicted octanol–water partition coefficient (Wildman–Crippen LogP) is 1.91. The lowest BCUT2D eigenvalue weighted by Crippen LogP contribution is -2.37. The van der Waals surface area contributed by atoms with Crippen molar-refractivity contribution in [2.24, 2.45) is 17.3 Å². The fraction of sp³-hybridized carbons (Fsp3) is 0.917. The number of hydrogen-bond acceptors (Lipinski definition) is 3. The quantitative estimate of drug-likeness (QED) is 0.826. The van der Waals surface area contributed by atoms with Gasteiger partial charge in [0.1, 0.15) is 0 Å². The van der Waals surface area contributed by atoms with Crippen molar-refractivity contribution in [3.8, 4) is 0 Å². The molecule has 0 bridgehead atoms. The Morgan fingerprint density at radius 1 is 1.12 bits per heavy atom. The summed E-state index contributed by atoms with van der Waals surface area (Å²) in [7, 11) is -3.41. The second-order valence-electron chi connectivity index (χ2n) is 6.15. The van der Waals surface area contributed by atoms with E-state index in [0.29, 0.717) is 5.92 Å². The topological polar surface area (TPSA) is 63.2 Å². The minimum atomic E-state index is -3.41. The smallest absolute Gasteiger partial charge is 0.236 e. The van der Waals surface area contributed by atoms with Crippen molar-refractivity contribution in [1.29, 1.82) is 0 Å². The summed E-state index contributed by atoms with van der Waals surface area (Å²) >= 11 is 0. The number of sulfonamides is 1. The molecular formula is C12H23NO3S. The lowest BCUT2D eigenvalue weighted by molar-refractivity contribution is -0.124. The molecule has 0 aromatic heterocycles. The van der Waals surface area contributed by atoms with Crippen LogP contribution in [-0.2, 0) is 14.8 Å². The van der Waals surface area contributed by atoms with Crippen LogP contribution in [0.4, 0.5) is 0 Å². The molecule has 5 heteroatoms. The molecule has 0 heterocycles. The first kappa shape index (κ1) is 14.5. The van der Waals surface area contributed by atoms with Crippen LogP contribution in [0.15, 0.2) is 0 Å². The van der Waals surface area contributed by atoms with Crippen molar-refractivity contribution in [2.45, 2.75) is 46.5 Å². The Hall–Kier alpha value is -0.580. The van der Waals surface area contributed by atoms with Gasteiger partial charge in [0.25, 0.3) is 0 Å². The number of rotatable bonds is 2. The van der Waals surface area contributed by atoms with Gasteiger partial charge in [0.15, 0.2) is 0 Å². The third-order valence-corrected chi connectivity index (χ3v) is 4.18. The van der Waals surface area contributed by atoms with Gasteiger partial charge in [-0.15, -0.1) is 0 Å². The Balaban J connectivity index is 2.50. The van der Waals surface area contributed by atoms with E-state index in [2.05, 4.69) is 25.5 Å². The average Bonchev–Trinajstić information content (AvgIpc) is 2.14. The fourth-order valence-corrected chi connectivity index (χ4v) is 3.02. The first-order valence-corrected chi connectivity index (χ1v) is 8.00. The van der Waals surface area contributed by atoms with Crippen molar-refractivity contribution in [2.75, 3.05) is 6.26 Å². The molecule has 0 aromatic rings. The molecule has 1 saturated carbocycles. The summed E-state index contributed by atoms with van der Waals surface area (Å²) in [5, 5.41) is 0. The van der Waals surface area contributed by atoms with Crippen molar-refractivity contribution in [3.63, 3.8) is 0 Å². The second kappa shape index (κ2) is 4.96. The Bertz CT molecular complexity index is 373. The normalized spacial score (nSPS) is 26.6. The van der Waals surface area contributed by atoms with Gasteiger partial charge in [-0.2, -0.15) is 0 Å². The van der Waals surface area contributed by atoms with Crippen molar-refractivity contribution in [3.05, 3.63) is 0 Å². The molecule has 0 aliphatic heterocycles. The van der Waals surface area contributed by atoms with Gasteiger partial charge in [-0.05, 0) is 37.0 Å². The summed E-state index contributed by atoms with van der Waals surface area (Å²) in [4.78, 5) is 11.7. The van der Waals surface area contributed by atoms with Crippen LogP contribution < -0.4 is 4.72 Å². The van der Waals surface area contributed by atoms with Crippen LogP contribution in [0.1, 0.15) is 46.5 Å². The van der Waals surface area contributed by atoms with E-state index in [1.165, 1.54) is 0 Å². The number of carbonyl (C=O) groups is 1. The Kier molecular flexibility index (Phi) is 4.23. The molecule has 17 heavy (non-hydrogen) atoms. The largest absolute Gasteiger partial charge is 0.274 e. The van der Waals surface area contributed by atoms with Crippen LogP contribution in [0.2, 0.25) is 0 Å². The van der Waals surface area contributed by atoms with Gasteiger partial charge >= 0.3 is 0 Å². The summed E-state index contributed by atoms with van der Waals surface area (Å²) in [5.41, 5.74) is 0.276. The fourth-order valence-electron chi connectivity index (χ4n) is 2.49. The zero-order chi connectivity index (χ0) is 13.3. The van der Waals surface area contributed by atoms with Crippen LogP contribution in [-0.4, -0.2) is 20.6 Å². The molecule has 0 aromatic carbocycles. The molecule has 0 atom stereocenters. The van der Waals surface area contributed by atoms with Gasteiger partial charge in [-0.25, -0.2) is 8.42 Å². The standard InChI is InChI=1S/C12H23NO3S/c1-12(2,3)10-7-5-9(6-8-10)11(14)13-17(4,15)16/h9-10H,5-8H2,1-4H3,(H,13,14). The van der Waals surface area contributed by atoms with Gasteiger partial charge in [0.05, 0.1) is 6.26 Å². The molecule has 1 fully saturated rings. The van der Waals surface area contributed by atoms with Crippen LogP contribution >= 0.6 is 0 Å². The van der Waals surface area contributed by atoms with Gasteiger partial charge in [0, 0.05) is 5.92 Å². The van der Waals surface area contributed by atoms with Crippen molar-refractivity contribution < 1.29 is 13.2 Å². The second-order valence-corrected chi connectivity index (χ2v) is 7.90. The Labute approximate surface area is 104 Å². The van der Waals surface area contributed by atoms with Crippen LogP contribution in [0.5, 0.6) is 0 Å². The van der Waals surface area contributed by atoms with Crippen LogP contribution in [0.25, 0.3) is 0 Å². The van der Waals surface area contributed by atoms with Gasteiger partial charge in [-0.3, -0.25) is 9.52 Å². The number of nitrogens with one attached hydrogen (secondary N) is 1.